The van der Waals surface area contributed by atoms with Crippen molar-refractivity contribution in [2.24, 2.45) is 0 Å². The van der Waals surface area contributed by atoms with Crippen LogP contribution in [0.15, 0.2) is 0 Å². The number of hydrogen-bond acceptors (Lipinski definition) is 7. The largest absolute Gasteiger partial charge is 0.756 e. The Labute approximate surface area is 136 Å². The SMILES string of the molecule is C[N+](C)(C)CCOP(=O)([O-])OC(CCCCC(=O)O)[C@@H](O)CO. The second kappa shape index (κ2) is 10.4. The van der Waals surface area contributed by atoms with Crippen molar-refractivity contribution in [3.8, 4) is 0 Å². The van der Waals surface area contributed by atoms with E-state index in [9.17, 15) is 19.4 Å². The molecule has 23 heavy (non-hydrogen) atoms. The summed E-state index contributed by atoms with van der Waals surface area (Å²) in [6, 6.07) is 0. The summed E-state index contributed by atoms with van der Waals surface area (Å²) < 4.78 is 21.9. The molecule has 0 heterocycles. The van der Waals surface area contributed by atoms with Crippen molar-refractivity contribution in [3.63, 3.8) is 0 Å². The van der Waals surface area contributed by atoms with Gasteiger partial charge in [0.1, 0.15) is 19.3 Å². The Morgan fingerprint density at radius 3 is 2.39 bits per heavy atom. The number of aliphatic carboxylic acids is 1. The van der Waals surface area contributed by atoms with Crippen LogP contribution in [0.4, 0.5) is 0 Å². The molecule has 3 atom stereocenters. The van der Waals surface area contributed by atoms with Gasteiger partial charge in [-0.1, -0.05) is 6.42 Å². The zero-order chi connectivity index (χ0) is 18.1. The van der Waals surface area contributed by atoms with Crippen LogP contribution in [0.25, 0.3) is 0 Å². The van der Waals surface area contributed by atoms with Gasteiger partial charge in [0.25, 0.3) is 7.82 Å². The minimum Gasteiger partial charge on any atom is -0.756 e. The number of unbranched alkanes of at least 4 members (excludes halogenated alkanes) is 1. The van der Waals surface area contributed by atoms with Crippen LogP contribution in [-0.2, 0) is 18.4 Å². The number of carboxylic acid groups (broad SMARTS) is 1. The predicted octanol–water partition coefficient (Wildman–Crippen LogP) is -0.439. The summed E-state index contributed by atoms with van der Waals surface area (Å²) >= 11 is 0. The fourth-order valence-electron chi connectivity index (χ4n) is 1.68. The van der Waals surface area contributed by atoms with Gasteiger partial charge in [-0.15, -0.1) is 0 Å². The zero-order valence-electron chi connectivity index (χ0n) is 13.9. The Bertz CT molecular complexity index is 398. The number of hydrogen-bond donors (Lipinski definition) is 3. The van der Waals surface area contributed by atoms with Crippen molar-refractivity contribution in [2.45, 2.75) is 37.9 Å². The molecule has 0 radical (unpaired) electrons. The number of phosphoric acid groups is 1. The fraction of sp³-hybridized carbons (Fsp3) is 0.923. The number of aliphatic hydroxyl groups excluding tert-OH is 2. The molecule has 0 amide bonds. The van der Waals surface area contributed by atoms with Crippen molar-refractivity contribution in [2.75, 3.05) is 40.9 Å². The van der Waals surface area contributed by atoms with Gasteiger partial charge >= 0.3 is 5.97 Å². The molecule has 0 saturated carbocycles. The number of aliphatic hydroxyl groups is 2. The Balaban J connectivity index is 4.43. The average molecular weight is 357 g/mol. The minimum absolute atomic E-state index is 0.0586. The molecule has 3 N–H and O–H groups in total. The number of nitrogens with zero attached hydrogens (tertiary/aromatic N) is 1. The molecular formula is C13H28NO8P. The van der Waals surface area contributed by atoms with Gasteiger partial charge in [0.05, 0.1) is 33.9 Å². The maximum Gasteiger partial charge on any atom is 0.303 e. The quantitative estimate of drug-likeness (QED) is 0.229. The molecule has 0 saturated heterocycles. The van der Waals surface area contributed by atoms with Crippen LogP contribution in [-0.4, -0.2) is 78.9 Å². The summed E-state index contributed by atoms with van der Waals surface area (Å²) in [4.78, 5) is 22.2. The number of phosphoric ester groups is 1. The summed E-state index contributed by atoms with van der Waals surface area (Å²) in [5.41, 5.74) is 0. The Morgan fingerprint density at radius 1 is 1.30 bits per heavy atom. The first-order valence-electron chi connectivity index (χ1n) is 7.42. The first kappa shape index (κ1) is 22.5. The highest BCUT2D eigenvalue weighted by Gasteiger charge is 2.25. The highest BCUT2D eigenvalue weighted by Crippen LogP contribution is 2.41. The van der Waals surface area contributed by atoms with Gasteiger partial charge < -0.3 is 33.7 Å². The van der Waals surface area contributed by atoms with Crippen molar-refractivity contribution >= 4 is 13.8 Å². The third-order valence-electron chi connectivity index (χ3n) is 3.02. The van der Waals surface area contributed by atoms with E-state index in [0.717, 1.165) is 0 Å². The molecule has 0 aromatic carbocycles. The molecule has 138 valence electrons. The van der Waals surface area contributed by atoms with Gasteiger partial charge in [-0.25, -0.2) is 0 Å². The van der Waals surface area contributed by atoms with E-state index in [1.165, 1.54) is 0 Å². The Morgan fingerprint density at radius 2 is 1.91 bits per heavy atom. The highest BCUT2D eigenvalue weighted by atomic mass is 31.2. The molecule has 0 bridgehead atoms. The molecule has 0 aromatic heterocycles. The lowest BCUT2D eigenvalue weighted by atomic mass is 10.1. The summed E-state index contributed by atoms with van der Waals surface area (Å²) in [7, 11) is 1.01. The maximum absolute atomic E-state index is 11.8. The number of carboxylic acids is 1. The second-order valence-electron chi connectivity index (χ2n) is 6.33. The van der Waals surface area contributed by atoms with E-state index in [1.54, 1.807) is 0 Å². The van der Waals surface area contributed by atoms with Gasteiger partial charge in [0.2, 0.25) is 0 Å². The van der Waals surface area contributed by atoms with E-state index < -0.39 is 32.6 Å². The summed E-state index contributed by atoms with van der Waals surface area (Å²) in [6.45, 7) is -0.283. The first-order chi connectivity index (χ1) is 10.5. The number of likely N-dealkylation sites (N-methyl/N-ethyl adjacent to an activating group) is 1. The smallest absolute Gasteiger partial charge is 0.303 e. The molecule has 0 aliphatic carbocycles. The maximum atomic E-state index is 11.8. The monoisotopic (exact) mass is 357 g/mol. The predicted molar refractivity (Wildman–Crippen MR) is 80.5 cm³/mol. The minimum atomic E-state index is -4.62. The summed E-state index contributed by atoms with van der Waals surface area (Å²) in [5, 5.41) is 27.2. The van der Waals surface area contributed by atoms with Crippen LogP contribution in [0, 0.1) is 0 Å². The fourth-order valence-corrected chi connectivity index (χ4v) is 2.62. The Kier molecular flexibility index (Phi) is 10.1. The molecule has 0 aromatic rings. The van der Waals surface area contributed by atoms with Crippen molar-refractivity contribution in [3.05, 3.63) is 0 Å². The van der Waals surface area contributed by atoms with Crippen LogP contribution in [0.2, 0.25) is 0 Å². The van der Waals surface area contributed by atoms with E-state index in [4.69, 9.17) is 19.3 Å². The van der Waals surface area contributed by atoms with Gasteiger partial charge in [-0.05, 0) is 12.8 Å². The molecule has 0 spiro atoms. The van der Waals surface area contributed by atoms with Crippen LogP contribution >= 0.6 is 7.82 Å². The molecule has 0 aliphatic heterocycles. The summed E-state index contributed by atoms with van der Waals surface area (Å²) in [5.74, 6) is -0.955. The van der Waals surface area contributed by atoms with E-state index in [2.05, 4.69) is 0 Å². The average Bonchev–Trinajstić information content (AvgIpc) is 2.39. The molecule has 10 heteroatoms. The Hall–Kier alpha value is -0.540. The van der Waals surface area contributed by atoms with E-state index >= 15 is 0 Å². The number of quaternary nitrogens is 1. The van der Waals surface area contributed by atoms with Crippen LogP contribution in [0.5, 0.6) is 0 Å². The van der Waals surface area contributed by atoms with Gasteiger partial charge in [-0.2, -0.15) is 0 Å². The molecule has 0 rings (SSSR count). The number of rotatable bonds is 13. The first-order valence-corrected chi connectivity index (χ1v) is 8.88. The van der Waals surface area contributed by atoms with E-state index in [0.29, 0.717) is 23.9 Å². The second-order valence-corrected chi connectivity index (χ2v) is 7.69. The number of carbonyl (C=O) groups is 1. The lowest BCUT2D eigenvalue weighted by Gasteiger charge is -2.31. The van der Waals surface area contributed by atoms with E-state index in [1.807, 2.05) is 21.1 Å². The molecule has 0 aliphatic rings. The van der Waals surface area contributed by atoms with Crippen LogP contribution in [0.1, 0.15) is 25.7 Å². The van der Waals surface area contributed by atoms with Crippen molar-refractivity contribution in [1.29, 1.82) is 0 Å². The van der Waals surface area contributed by atoms with Crippen LogP contribution in [0.3, 0.4) is 0 Å². The normalized spacial score (nSPS) is 17.5. The third-order valence-corrected chi connectivity index (χ3v) is 4.05. The lowest BCUT2D eigenvalue weighted by Crippen LogP contribution is -2.38. The van der Waals surface area contributed by atoms with Gasteiger partial charge in [0.15, 0.2) is 0 Å². The van der Waals surface area contributed by atoms with E-state index in [-0.39, 0.29) is 19.4 Å². The standard InChI is InChI=1S/C13H28NO8P/c1-14(2,3)8-9-21-23(19,20)22-12(11(16)10-15)6-4-5-7-13(17)18/h11-12,15-16H,4-10H2,1-3H3,(H-,17,18,19,20)/t11-,12?/m0/s1. The molecule has 0 fully saturated rings. The summed E-state index contributed by atoms with van der Waals surface area (Å²) in [6.07, 6.45) is -1.85. The van der Waals surface area contributed by atoms with Crippen molar-refractivity contribution in [1.82, 2.24) is 0 Å². The van der Waals surface area contributed by atoms with Gasteiger partial charge in [0, 0.05) is 6.42 Å². The molecule has 2 unspecified atom stereocenters. The topological polar surface area (TPSA) is 136 Å². The molecule has 9 nitrogen and oxygen atoms in total. The lowest BCUT2D eigenvalue weighted by molar-refractivity contribution is -0.870. The third kappa shape index (κ3) is 12.5. The highest BCUT2D eigenvalue weighted by molar-refractivity contribution is 7.45. The van der Waals surface area contributed by atoms with Gasteiger partial charge in [-0.3, -0.25) is 9.36 Å². The molecular weight excluding hydrogens is 329 g/mol. The van der Waals surface area contributed by atoms with Crippen LogP contribution < -0.4 is 4.89 Å². The zero-order valence-corrected chi connectivity index (χ0v) is 14.8. The van der Waals surface area contributed by atoms with Crippen molar-refractivity contribution < 1.29 is 43.1 Å².